The maximum Gasteiger partial charge on any atom is 0.573 e. The molecule has 0 aliphatic heterocycles. The van der Waals surface area contributed by atoms with Crippen LogP contribution in [0.5, 0.6) is 5.75 Å². The molecular formula is C13H9BrF3NO3S. The van der Waals surface area contributed by atoms with Crippen molar-refractivity contribution in [3.05, 3.63) is 53.0 Å². The molecule has 0 aliphatic rings. The maximum absolute atomic E-state index is 12.2. The van der Waals surface area contributed by atoms with Gasteiger partial charge in [0.25, 0.3) is 10.0 Å². The number of ether oxygens (including phenoxy) is 1. The zero-order chi connectivity index (χ0) is 16.4. The number of anilines is 1. The summed E-state index contributed by atoms with van der Waals surface area (Å²) in [5, 5.41) is 0. The van der Waals surface area contributed by atoms with Gasteiger partial charge in [-0.2, -0.15) is 0 Å². The fourth-order valence-electron chi connectivity index (χ4n) is 1.60. The topological polar surface area (TPSA) is 55.4 Å². The number of benzene rings is 2. The van der Waals surface area contributed by atoms with Gasteiger partial charge < -0.3 is 4.74 Å². The minimum atomic E-state index is -4.85. The average molecular weight is 396 g/mol. The first kappa shape index (κ1) is 16.6. The van der Waals surface area contributed by atoms with Gasteiger partial charge in [-0.25, -0.2) is 8.42 Å². The van der Waals surface area contributed by atoms with Crippen LogP contribution < -0.4 is 9.46 Å². The normalized spacial score (nSPS) is 12.0. The lowest BCUT2D eigenvalue weighted by molar-refractivity contribution is -0.274. The fourth-order valence-corrected chi connectivity index (χ4v) is 3.25. The highest BCUT2D eigenvalue weighted by atomic mass is 79.9. The summed E-state index contributed by atoms with van der Waals surface area (Å²) in [6.07, 6.45) is -4.85. The van der Waals surface area contributed by atoms with E-state index < -0.39 is 22.1 Å². The Kier molecular flexibility index (Phi) is 4.66. The summed E-state index contributed by atoms with van der Waals surface area (Å²) in [6, 6.07) is 10.5. The lowest BCUT2D eigenvalue weighted by atomic mass is 10.3. The van der Waals surface area contributed by atoms with Crippen molar-refractivity contribution in [3.63, 3.8) is 0 Å². The molecule has 9 heteroatoms. The molecule has 0 amide bonds. The van der Waals surface area contributed by atoms with E-state index >= 15 is 0 Å². The van der Waals surface area contributed by atoms with E-state index in [-0.39, 0.29) is 10.6 Å². The second-order valence-corrected chi connectivity index (χ2v) is 6.74. The van der Waals surface area contributed by atoms with Gasteiger partial charge in [0.2, 0.25) is 0 Å². The number of alkyl halides is 3. The third-order valence-electron chi connectivity index (χ3n) is 2.43. The summed E-state index contributed by atoms with van der Waals surface area (Å²) >= 11 is 3.15. The maximum atomic E-state index is 12.2. The van der Waals surface area contributed by atoms with Gasteiger partial charge in [0.1, 0.15) is 5.75 Å². The molecule has 0 bridgehead atoms. The van der Waals surface area contributed by atoms with Crippen molar-refractivity contribution in [2.45, 2.75) is 11.3 Å². The number of nitrogens with one attached hydrogen (secondary N) is 1. The molecule has 0 saturated carbocycles. The first-order valence-electron chi connectivity index (χ1n) is 5.80. The van der Waals surface area contributed by atoms with Crippen LogP contribution in [-0.4, -0.2) is 14.8 Å². The third kappa shape index (κ3) is 4.63. The largest absolute Gasteiger partial charge is 0.573 e. The van der Waals surface area contributed by atoms with Crippen LogP contribution in [0.2, 0.25) is 0 Å². The Hall–Kier alpha value is -1.74. The standard InChI is InChI=1S/C13H9BrF3NO3S/c14-9-3-1-6-12(7-9)22(19,20)18-10-4-2-5-11(8-10)21-13(15,16)17/h1-8,18H. The zero-order valence-corrected chi connectivity index (χ0v) is 13.2. The molecule has 0 unspecified atom stereocenters. The number of hydrogen-bond donors (Lipinski definition) is 1. The highest BCUT2D eigenvalue weighted by molar-refractivity contribution is 9.10. The second kappa shape index (κ2) is 6.17. The van der Waals surface area contributed by atoms with Gasteiger partial charge in [-0.3, -0.25) is 4.72 Å². The summed E-state index contributed by atoms with van der Waals surface area (Å²) < 4.78 is 67.3. The Bertz CT molecular complexity index is 778. The Morgan fingerprint density at radius 1 is 1.05 bits per heavy atom. The third-order valence-corrected chi connectivity index (χ3v) is 4.30. The molecule has 0 aliphatic carbocycles. The summed E-state index contributed by atoms with van der Waals surface area (Å²) in [5.41, 5.74) is -0.0401. The SMILES string of the molecule is O=S(=O)(Nc1cccc(OC(F)(F)F)c1)c1cccc(Br)c1. The van der Waals surface area contributed by atoms with E-state index in [1.54, 1.807) is 6.07 Å². The number of sulfonamides is 1. The van der Waals surface area contributed by atoms with Crippen molar-refractivity contribution in [2.75, 3.05) is 4.72 Å². The minimum Gasteiger partial charge on any atom is -0.406 e. The fraction of sp³-hybridized carbons (Fsp3) is 0.0769. The smallest absolute Gasteiger partial charge is 0.406 e. The summed E-state index contributed by atoms with van der Waals surface area (Å²) in [5.74, 6) is -0.512. The predicted molar refractivity (Wildman–Crippen MR) is 78.1 cm³/mol. The highest BCUT2D eigenvalue weighted by Crippen LogP contribution is 2.26. The van der Waals surface area contributed by atoms with Gasteiger partial charge in [-0.1, -0.05) is 28.1 Å². The van der Waals surface area contributed by atoms with Crippen molar-refractivity contribution in [1.29, 1.82) is 0 Å². The van der Waals surface area contributed by atoms with E-state index in [4.69, 9.17) is 0 Å². The molecule has 2 aromatic carbocycles. The van der Waals surface area contributed by atoms with Gasteiger partial charge >= 0.3 is 6.36 Å². The van der Waals surface area contributed by atoms with E-state index in [0.29, 0.717) is 4.47 Å². The van der Waals surface area contributed by atoms with E-state index in [1.807, 2.05) is 0 Å². The van der Waals surface area contributed by atoms with Crippen molar-refractivity contribution in [2.24, 2.45) is 0 Å². The molecule has 2 aromatic rings. The molecule has 0 aromatic heterocycles. The molecule has 2 rings (SSSR count). The minimum absolute atomic E-state index is 0.0241. The van der Waals surface area contributed by atoms with Crippen molar-refractivity contribution >= 4 is 31.6 Å². The van der Waals surface area contributed by atoms with Crippen LogP contribution in [0.4, 0.5) is 18.9 Å². The first-order valence-corrected chi connectivity index (χ1v) is 8.07. The molecular weight excluding hydrogens is 387 g/mol. The zero-order valence-electron chi connectivity index (χ0n) is 10.8. The lowest BCUT2D eigenvalue weighted by Crippen LogP contribution is -2.17. The number of rotatable bonds is 4. The van der Waals surface area contributed by atoms with Crippen LogP contribution in [-0.2, 0) is 10.0 Å². The molecule has 0 fully saturated rings. The summed E-state index contributed by atoms with van der Waals surface area (Å²) in [6.45, 7) is 0. The van der Waals surface area contributed by atoms with Crippen LogP contribution in [0.15, 0.2) is 57.9 Å². The molecule has 0 atom stereocenters. The van der Waals surface area contributed by atoms with Gasteiger partial charge in [0.05, 0.1) is 10.6 Å². The van der Waals surface area contributed by atoms with E-state index in [0.717, 1.165) is 12.1 Å². The van der Waals surface area contributed by atoms with Crippen LogP contribution >= 0.6 is 15.9 Å². The lowest BCUT2D eigenvalue weighted by Gasteiger charge is -2.12. The van der Waals surface area contributed by atoms with Crippen LogP contribution in [0.25, 0.3) is 0 Å². The highest BCUT2D eigenvalue weighted by Gasteiger charge is 2.31. The van der Waals surface area contributed by atoms with Gasteiger partial charge in [-0.05, 0) is 30.3 Å². The second-order valence-electron chi connectivity index (χ2n) is 4.14. The molecule has 4 nitrogen and oxygen atoms in total. The van der Waals surface area contributed by atoms with Crippen molar-refractivity contribution < 1.29 is 26.3 Å². The first-order chi connectivity index (χ1) is 10.2. The van der Waals surface area contributed by atoms with Gasteiger partial charge in [-0.15, -0.1) is 13.2 Å². The van der Waals surface area contributed by atoms with Crippen LogP contribution in [0, 0.1) is 0 Å². The van der Waals surface area contributed by atoms with Crippen molar-refractivity contribution in [3.8, 4) is 5.75 Å². The average Bonchev–Trinajstić information content (AvgIpc) is 2.36. The van der Waals surface area contributed by atoms with Gasteiger partial charge in [0, 0.05) is 10.5 Å². The monoisotopic (exact) mass is 395 g/mol. The Morgan fingerprint density at radius 2 is 1.73 bits per heavy atom. The van der Waals surface area contributed by atoms with Crippen LogP contribution in [0.1, 0.15) is 0 Å². The predicted octanol–water partition coefficient (Wildman–Crippen LogP) is 4.15. The summed E-state index contributed by atoms with van der Waals surface area (Å²) in [7, 11) is -3.91. The van der Waals surface area contributed by atoms with E-state index in [1.165, 1.54) is 30.3 Å². The summed E-state index contributed by atoms with van der Waals surface area (Å²) in [4.78, 5) is -0.0241. The Labute approximate surface area is 133 Å². The molecule has 118 valence electrons. The van der Waals surface area contributed by atoms with Gasteiger partial charge in [0.15, 0.2) is 0 Å². The quantitative estimate of drug-likeness (QED) is 0.845. The Balaban J connectivity index is 2.25. The molecule has 1 N–H and O–H groups in total. The van der Waals surface area contributed by atoms with Crippen molar-refractivity contribution in [1.82, 2.24) is 0 Å². The number of hydrogen-bond acceptors (Lipinski definition) is 3. The molecule has 22 heavy (non-hydrogen) atoms. The molecule has 0 radical (unpaired) electrons. The molecule has 0 saturated heterocycles. The molecule has 0 spiro atoms. The Morgan fingerprint density at radius 3 is 2.36 bits per heavy atom. The number of halogens is 4. The van der Waals surface area contributed by atoms with E-state index in [2.05, 4.69) is 25.4 Å². The van der Waals surface area contributed by atoms with Crippen LogP contribution in [0.3, 0.4) is 0 Å². The van der Waals surface area contributed by atoms with E-state index in [9.17, 15) is 21.6 Å². The molecule has 0 heterocycles.